The highest BCUT2D eigenvalue weighted by molar-refractivity contribution is 7.13. The fourth-order valence-corrected chi connectivity index (χ4v) is 3.49. The van der Waals surface area contributed by atoms with E-state index in [4.69, 9.17) is 9.15 Å². The summed E-state index contributed by atoms with van der Waals surface area (Å²) in [6, 6.07) is 11.5. The molecule has 4 rings (SSSR count). The van der Waals surface area contributed by atoms with Crippen molar-refractivity contribution in [2.45, 2.75) is 20.8 Å². The van der Waals surface area contributed by atoms with Gasteiger partial charge in [-0.1, -0.05) is 12.1 Å². The summed E-state index contributed by atoms with van der Waals surface area (Å²) in [5.74, 6) is 1.47. The van der Waals surface area contributed by atoms with Gasteiger partial charge in [0.2, 0.25) is 11.8 Å². The highest BCUT2D eigenvalue weighted by Crippen LogP contribution is 2.32. The van der Waals surface area contributed by atoms with Crippen LogP contribution >= 0.6 is 11.3 Å². The maximum atomic E-state index is 12.1. The van der Waals surface area contributed by atoms with Crippen molar-refractivity contribution in [3.05, 3.63) is 65.0 Å². The molecule has 2 aromatic carbocycles. The first-order valence-electron chi connectivity index (χ1n) is 8.90. The van der Waals surface area contributed by atoms with Crippen LogP contribution in [0.1, 0.15) is 17.0 Å². The number of aryl methyl sites for hydroxylation is 3. The van der Waals surface area contributed by atoms with Gasteiger partial charge in [-0.25, -0.2) is 9.78 Å². The molecule has 1 N–H and O–H groups in total. The van der Waals surface area contributed by atoms with Crippen molar-refractivity contribution >= 4 is 22.6 Å². The quantitative estimate of drug-likeness (QED) is 0.488. The molecule has 29 heavy (non-hydrogen) atoms. The summed E-state index contributed by atoms with van der Waals surface area (Å²) < 4.78 is 10.9. The lowest BCUT2D eigenvalue weighted by molar-refractivity contribution is 0.215. The van der Waals surface area contributed by atoms with E-state index in [9.17, 15) is 4.79 Å². The third kappa shape index (κ3) is 4.17. The smallest absolute Gasteiger partial charge is 0.418 e. The number of amides is 1. The van der Waals surface area contributed by atoms with E-state index in [1.54, 1.807) is 24.6 Å². The molecule has 1 amide bonds. The Morgan fingerprint density at radius 1 is 1.03 bits per heavy atom. The number of aromatic nitrogens is 3. The molecule has 2 heterocycles. The van der Waals surface area contributed by atoms with Crippen molar-refractivity contribution in [2.75, 3.05) is 5.32 Å². The number of benzene rings is 2. The first-order chi connectivity index (χ1) is 14.0. The molecule has 0 aliphatic carbocycles. The van der Waals surface area contributed by atoms with Crippen LogP contribution in [-0.4, -0.2) is 21.3 Å². The molecule has 0 aliphatic heterocycles. The van der Waals surface area contributed by atoms with Gasteiger partial charge in [0, 0.05) is 24.1 Å². The number of rotatable bonds is 4. The minimum atomic E-state index is -0.575. The fourth-order valence-electron chi connectivity index (χ4n) is 2.97. The zero-order chi connectivity index (χ0) is 20.4. The molecule has 0 aliphatic rings. The minimum absolute atomic E-state index is 0.454. The molecule has 0 spiro atoms. The van der Waals surface area contributed by atoms with E-state index in [1.807, 2.05) is 44.2 Å². The average Bonchev–Trinajstić information content (AvgIpc) is 3.35. The van der Waals surface area contributed by atoms with E-state index in [2.05, 4.69) is 20.5 Å². The van der Waals surface area contributed by atoms with Gasteiger partial charge in [0.15, 0.2) is 5.13 Å². The zero-order valence-electron chi connectivity index (χ0n) is 16.1. The van der Waals surface area contributed by atoms with Gasteiger partial charge in [0.25, 0.3) is 0 Å². The molecule has 0 saturated carbocycles. The van der Waals surface area contributed by atoms with Gasteiger partial charge in [0.1, 0.15) is 5.75 Å². The third-order valence-corrected chi connectivity index (χ3v) is 5.04. The van der Waals surface area contributed by atoms with E-state index in [1.165, 1.54) is 11.3 Å². The van der Waals surface area contributed by atoms with Crippen molar-refractivity contribution in [1.82, 2.24) is 15.2 Å². The summed E-state index contributed by atoms with van der Waals surface area (Å²) >= 11 is 1.33. The van der Waals surface area contributed by atoms with E-state index in [0.717, 1.165) is 27.8 Å². The lowest BCUT2D eigenvalue weighted by atomic mass is 9.95. The molecule has 0 bridgehead atoms. The molecular formula is C21H18N4O3S. The second-order valence-corrected chi connectivity index (χ2v) is 7.38. The number of carbonyl (C=O) groups is 1. The number of anilines is 1. The van der Waals surface area contributed by atoms with E-state index >= 15 is 0 Å². The Morgan fingerprint density at radius 3 is 2.59 bits per heavy atom. The number of nitrogens with zero attached hydrogens (tertiary/aromatic N) is 3. The molecule has 7 nitrogen and oxygen atoms in total. The third-order valence-electron chi connectivity index (χ3n) is 4.35. The van der Waals surface area contributed by atoms with Crippen molar-refractivity contribution in [3.8, 4) is 28.3 Å². The van der Waals surface area contributed by atoms with Gasteiger partial charge < -0.3 is 9.15 Å². The number of ether oxygens (including phenoxy) is 1. The summed E-state index contributed by atoms with van der Waals surface area (Å²) in [5, 5.41) is 12.8. The van der Waals surface area contributed by atoms with Gasteiger partial charge >= 0.3 is 6.09 Å². The van der Waals surface area contributed by atoms with Gasteiger partial charge in [-0.3, -0.25) is 5.32 Å². The summed E-state index contributed by atoms with van der Waals surface area (Å²) in [7, 11) is 0. The van der Waals surface area contributed by atoms with Crippen LogP contribution in [-0.2, 0) is 0 Å². The maximum absolute atomic E-state index is 12.1. The van der Waals surface area contributed by atoms with Crippen LogP contribution in [0.2, 0.25) is 0 Å². The Bertz CT molecular complexity index is 1170. The summed E-state index contributed by atoms with van der Waals surface area (Å²) in [6.07, 6.45) is 1.04. The molecule has 0 saturated heterocycles. The van der Waals surface area contributed by atoms with Crippen molar-refractivity contribution in [2.24, 2.45) is 0 Å². The summed E-state index contributed by atoms with van der Waals surface area (Å²) in [6.45, 7) is 5.80. The first kappa shape index (κ1) is 18.8. The van der Waals surface area contributed by atoms with Crippen LogP contribution in [0.4, 0.5) is 9.93 Å². The number of hydrogen-bond acceptors (Lipinski definition) is 7. The Labute approximate surface area is 171 Å². The number of nitrogens with one attached hydrogen (secondary N) is 1. The van der Waals surface area contributed by atoms with Gasteiger partial charge in [-0.2, -0.15) is 0 Å². The van der Waals surface area contributed by atoms with Crippen molar-refractivity contribution in [3.63, 3.8) is 0 Å². The van der Waals surface area contributed by atoms with Crippen molar-refractivity contribution < 1.29 is 13.9 Å². The monoisotopic (exact) mass is 406 g/mol. The molecular weight excluding hydrogens is 388 g/mol. The van der Waals surface area contributed by atoms with Crippen LogP contribution < -0.4 is 10.1 Å². The molecule has 0 atom stereocenters. The summed E-state index contributed by atoms with van der Waals surface area (Å²) in [5.41, 5.74) is 5.00. The van der Waals surface area contributed by atoms with Gasteiger partial charge in [-0.15, -0.1) is 21.5 Å². The molecule has 0 radical (unpaired) electrons. The molecule has 4 aromatic rings. The highest BCUT2D eigenvalue weighted by atomic mass is 32.1. The first-order valence-corrected chi connectivity index (χ1v) is 9.78. The van der Waals surface area contributed by atoms with E-state index in [-0.39, 0.29) is 0 Å². The van der Waals surface area contributed by atoms with Crippen LogP contribution in [0.3, 0.4) is 0 Å². The number of carbonyl (C=O) groups excluding carboxylic acids is 1. The lowest BCUT2D eigenvalue weighted by Gasteiger charge is -2.12. The molecule has 8 heteroatoms. The Kier molecular flexibility index (Phi) is 5.09. The largest absolute Gasteiger partial charge is 0.421 e. The standard InChI is InChI=1S/C21H18N4O3S/c1-12-4-6-16(28-21(26)23-20-22-8-9-29-20)11-18(12)17-7-5-15(10-13(17)2)19-25-24-14(3)27-19/h4-11H,1-3H3,(H,22,23,26). The predicted octanol–water partition coefficient (Wildman–Crippen LogP) is 5.40. The lowest BCUT2D eigenvalue weighted by Crippen LogP contribution is -2.16. The van der Waals surface area contributed by atoms with Crippen LogP contribution in [0, 0.1) is 20.8 Å². The normalized spacial score (nSPS) is 10.7. The Balaban J connectivity index is 1.59. The van der Waals surface area contributed by atoms with Crippen LogP contribution in [0.25, 0.3) is 22.6 Å². The maximum Gasteiger partial charge on any atom is 0.418 e. The topological polar surface area (TPSA) is 90.1 Å². The molecule has 0 fully saturated rings. The highest BCUT2D eigenvalue weighted by Gasteiger charge is 2.13. The second-order valence-electron chi connectivity index (χ2n) is 6.48. The average molecular weight is 406 g/mol. The predicted molar refractivity (Wildman–Crippen MR) is 111 cm³/mol. The number of hydrogen-bond donors (Lipinski definition) is 1. The van der Waals surface area contributed by atoms with Crippen LogP contribution in [0.15, 0.2) is 52.4 Å². The number of thiazole rings is 1. The van der Waals surface area contributed by atoms with Gasteiger partial charge in [-0.05, 0) is 60.4 Å². The Morgan fingerprint density at radius 2 is 1.90 bits per heavy atom. The Hall–Kier alpha value is -3.52. The molecule has 0 unspecified atom stereocenters. The van der Waals surface area contributed by atoms with E-state index < -0.39 is 6.09 Å². The molecule has 2 aromatic heterocycles. The molecule has 146 valence electrons. The van der Waals surface area contributed by atoms with Crippen molar-refractivity contribution in [1.29, 1.82) is 0 Å². The van der Waals surface area contributed by atoms with Crippen LogP contribution in [0.5, 0.6) is 5.75 Å². The summed E-state index contributed by atoms with van der Waals surface area (Å²) in [4.78, 5) is 16.1. The second kappa shape index (κ2) is 7.84. The SMILES string of the molecule is Cc1nnc(-c2ccc(-c3cc(OC(=O)Nc4nccs4)ccc3C)c(C)c2)o1. The van der Waals surface area contributed by atoms with Gasteiger partial charge in [0.05, 0.1) is 0 Å². The fraction of sp³-hybridized carbons (Fsp3) is 0.143. The zero-order valence-corrected chi connectivity index (χ0v) is 16.9. The van der Waals surface area contributed by atoms with E-state index in [0.29, 0.717) is 22.7 Å². The minimum Gasteiger partial charge on any atom is -0.421 e.